The molecule has 0 unspecified atom stereocenters. The number of benzene rings is 2. The number of phenolic OH excluding ortho intramolecular Hbond substituents is 1. The number of hydrogen-bond donors (Lipinski definition) is 2. The maximum atomic E-state index is 12.5. The third-order valence-corrected chi connectivity index (χ3v) is 11.4. The van der Waals surface area contributed by atoms with Crippen molar-refractivity contribution in [1.29, 1.82) is 0 Å². The first-order valence-corrected chi connectivity index (χ1v) is 14.8. The lowest BCUT2D eigenvalue weighted by Gasteiger charge is -2.37. The fraction of sp³-hybridized carbons (Fsp3) is 0.480. The van der Waals surface area contributed by atoms with Gasteiger partial charge in [-0.2, -0.15) is 0 Å². The fourth-order valence-corrected chi connectivity index (χ4v) is 4.54. The van der Waals surface area contributed by atoms with Gasteiger partial charge >= 0.3 is 0 Å². The normalized spacial score (nSPS) is 11.7. The maximum absolute atomic E-state index is 12.5. The number of carbonyl (C=O) groups excluding carboxylic acids is 1. The molecule has 0 aliphatic rings. The topological polar surface area (TPSA) is 86.3 Å². The van der Waals surface area contributed by atoms with Crippen molar-refractivity contribution in [2.75, 3.05) is 27.9 Å². The first-order valence-electron chi connectivity index (χ1n) is 11.1. The van der Waals surface area contributed by atoms with E-state index in [1.54, 1.807) is 26.4 Å². The molecular formula is C25H36BrNO6Si. The summed E-state index contributed by atoms with van der Waals surface area (Å²) in [7, 11) is 2.60. The number of halogens is 1. The Morgan fingerprint density at radius 1 is 1.03 bits per heavy atom. The van der Waals surface area contributed by atoms with E-state index in [1.165, 1.54) is 7.11 Å². The molecule has 188 valence electrons. The van der Waals surface area contributed by atoms with Crippen LogP contribution < -0.4 is 24.0 Å². The molecule has 9 heteroatoms. The van der Waals surface area contributed by atoms with Crippen LogP contribution in [0.2, 0.25) is 18.1 Å². The molecule has 1 amide bonds. The van der Waals surface area contributed by atoms with Gasteiger partial charge in [0.2, 0.25) is 5.91 Å². The van der Waals surface area contributed by atoms with Crippen LogP contribution in [-0.4, -0.2) is 47.2 Å². The van der Waals surface area contributed by atoms with Crippen LogP contribution in [-0.2, 0) is 17.6 Å². The molecule has 0 fully saturated rings. The highest BCUT2D eigenvalue weighted by molar-refractivity contribution is 9.10. The van der Waals surface area contributed by atoms with Crippen molar-refractivity contribution >= 4 is 30.2 Å². The molecule has 2 aromatic carbocycles. The molecule has 0 aliphatic carbocycles. The Bertz CT molecular complexity index is 994. The summed E-state index contributed by atoms with van der Waals surface area (Å²) in [6, 6.07) is 7.23. The van der Waals surface area contributed by atoms with Gasteiger partial charge in [0, 0.05) is 6.54 Å². The van der Waals surface area contributed by atoms with Gasteiger partial charge in [-0.3, -0.25) is 4.79 Å². The Morgan fingerprint density at radius 3 is 2.09 bits per heavy atom. The van der Waals surface area contributed by atoms with Crippen LogP contribution in [0.15, 0.2) is 28.7 Å². The van der Waals surface area contributed by atoms with E-state index in [0.717, 1.165) is 5.56 Å². The number of ether oxygens (including phenoxy) is 3. The van der Waals surface area contributed by atoms with E-state index in [9.17, 15) is 9.90 Å². The van der Waals surface area contributed by atoms with Crippen LogP contribution in [0.25, 0.3) is 0 Å². The van der Waals surface area contributed by atoms with Crippen LogP contribution >= 0.6 is 15.9 Å². The summed E-state index contributed by atoms with van der Waals surface area (Å²) < 4.78 is 23.3. The second-order valence-electron chi connectivity index (χ2n) is 9.56. The molecule has 2 aromatic rings. The zero-order chi connectivity index (χ0) is 25.7. The van der Waals surface area contributed by atoms with Gasteiger partial charge in [0.1, 0.15) is 0 Å². The van der Waals surface area contributed by atoms with Gasteiger partial charge in [0.15, 0.2) is 28.7 Å². The molecule has 0 bridgehead atoms. The Morgan fingerprint density at radius 2 is 1.59 bits per heavy atom. The van der Waals surface area contributed by atoms with Crippen molar-refractivity contribution < 1.29 is 28.5 Å². The summed E-state index contributed by atoms with van der Waals surface area (Å²) in [4.78, 5) is 12.5. The van der Waals surface area contributed by atoms with Crippen molar-refractivity contribution in [2.24, 2.45) is 0 Å². The molecule has 0 aromatic heterocycles. The number of hydrogen-bond acceptors (Lipinski definition) is 6. The van der Waals surface area contributed by atoms with Crippen LogP contribution in [0, 0.1) is 0 Å². The minimum atomic E-state index is -2.10. The average molecular weight is 555 g/mol. The number of nitrogens with one attached hydrogen (secondary N) is 1. The second kappa shape index (κ2) is 11.4. The summed E-state index contributed by atoms with van der Waals surface area (Å²) in [5, 5.41) is 13.1. The molecule has 2 N–H and O–H groups in total. The van der Waals surface area contributed by atoms with Gasteiger partial charge in [-0.1, -0.05) is 26.8 Å². The summed E-state index contributed by atoms with van der Waals surface area (Å²) in [6.07, 6.45) is 0.720. The zero-order valence-electron chi connectivity index (χ0n) is 21.3. The predicted octanol–water partition coefficient (Wildman–Crippen LogP) is 5.47. The molecule has 2 rings (SSSR count). The maximum Gasteiger partial charge on any atom is 0.250 e. The third-order valence-electron chi connectivity index (χ3n) is 6.15. The highest BCUT2D eigenvalue weighted by Crippen LogP contribution is 2.45. The molecule has 0 aliphatic heterocycles. The fourth-order valence-electron chi connectivity index (χ4n) is 3.06. The minimum Gasteiger partial charge on any atom is -0.539 e. The number of aromatic hydroxyl groups is 1. The zero-order valence-corrected chi connectivity index (χ0v) is 23.9. The number of carbonyl (C=O) groups is 1. The van der Waals surface area contributed by atoms with Gasteiger partial charge in [-0.15, -0.1) is 0 Å². The van der Waals surface area contributed by atoms with Gasteiger partial charge in [0.05, 0.1) is 32.2 Å². The number of amides is 1. The summed E-state index contributed by atoms with van der Waals surface area (Å²) >= 11 is 3.33. The summed E-state index contributed by atoms with van der Waals surface area (Å²) in [5.74, 6) is 2.02. The first kappa shape index (κ1) is 27.8. The summed E-state index contributed by atoms with van der Waals surface area (Å²) in [6.45, 7) is 11.3. The Kier molecular flexibility index (Phi) is 9.30. The number of methoxy groups -OCH3 is 3. The Labute approximate surface area is 212 Å². The van der Waals surface area contributed by atoms with Crippen LogP contribution in [0.4, 0.5) is 0 Å². The van der Waals surface area contributed by atoms with E-state index < -0.39 is 8.32 Å². The lowest BCUT2D eigenvalue weighted by atomic mass is 10.1. The molecule has 0 saturated heterocycles. The molecule has 7 nitrogen and oxygen atoms in total. The van der Waals surface area contributed by atoms with E-state index in [4.69, 9.17) is 18.6 Å². The third kappa shape index (κ3) is 6.60. The van der Waals surface area contributed by atoms with Gasteiger partial charge in [0.25, 0.3) is 8.32 Å². The molecule has 0 spiro atoms. The highest BCUT2D eigenvalue weighted by atomic mass is 79.9. The molecule has 0 radical (unpaired) electrons. The van der Waals surface area contributed by atoms with Crippen molar-refractivity contribution in [1.82, 2.24) is 5.32 Å². The monoisotopic (exact) mass is 553 g/mol. The summed E-state index contributed by atoms with van der Waals surface area (Å²) in [5.41, 5.74) is 1.63. The predicted molar refractivity (Wildman–Crippen MR) is 140 cm³/mol. The van der Waals surface area contributed by atoms with Gasteiger partial charge < -0.3 is 29.1 Å². The van der Waals surface area contributed by atoms with Crippen molar-refractivity contribution in [3.63, 3.8) is 0 Å². The number of rotatable bonds is 10. The molecular weight excluding hydrogens is 518 g/mol. The van der Waals surface area contributed by atoms with Crippen LogP contribution in [0.3, 0.4) is 0 Å². The van der Waals surface area contributed by atoms with Gasteiger partial charge in [-0.05, 0) is 69.8 Å². The van der Waals surface area contributed by atoms with Crippen LogP contribution in [0.1, 0.15) is 31.9 Å². The quantitative estimate of drug-likeness (QED) is 0.379. The second-order valence-corrected chi connectivity index (χ2v) is 15.1. The highest BCUT2D eigenvalue weighted by Gasteiger charge is 2.40. The van der Waals surface area contributed by atoms with Crippen molar-refractivity contribution in [2.45, 2.75) is 51.7 Å². The van der Waals surface area contributed by atoms with Crippen molar-refractivity contribution in [3.8, 4) is 28.7 Å². The SMILES string of the molecule is COc1ccc(CC(=O)NCCc2cc(OC)c(O[Si](C)(C)C(C)(C)C)c(OC)c2)c(Br)c1O. The largest absolute Gasteiger partial charge is 0.539 e. The Balaban J connectivity index is 2.09. The lowest BCUT2D eigenvalue weighted by molar-refractivity contribution is -0.120. The Hall–Kier alpha value is -2.39. The van der Waals surface area contributed by atoms with E-state index >= 15 is 0 Å². The standard InChI is InChI=1S/C25H36BrNO6Si/c1-25(2,3)34(7,8)33-24-19(31-5)13-16(14-20(24)32-6)11-12-27-21(28)15-17-9-10-18(30-4)23(29)22(17)26/h9-10,13-14,29H,11-12,15H2,1-8H3,(H,27,28). The average Bonchev–Trinajstić information content (AvgIpc) is 2.76. The first-order chi connectivity index (χ1) is 15.8. The van der Waals surface area contributed by atoms with E-state index in [1.807, 2.05) is 12.1 Å². The van der Waals surface area contributed by atoms with E-state index in [-0.39, 0.29) is 23.1 Å². The van der Waals surface area contributed by atoms with E-state index in [2.05, 4.69) is 55.1 Å². The van der Waals surface area contributed by atoms with Crippen LogP contribution in [0.5, 0.6) is 28.7 Å². The molecule has 0 atom stereocenters. The minimum absolute atomic E-state index is 0.0213. The van der Waals surface area contributed by atoms with E-state index in [0.29, 0.717) is 46.0 Å². The molecule has 0 saturated carbocycles. The molecule has 0 heterocycles. The van der Waals surface area contributed by atoms with Crippen molar-refractivity contribution in [3.05, 3.63) is 39.9 Å². The smallest absolute Gasteiger partial charge is 0.250 e. The number of phenols is 1. The molecule has 34 heavy (non-hydrogen) atoms. The lowest BCUT2D eigenvalue weighted by Crippen LogP contribution is -2.44. The van der Waals surface area contributed by atoms with Gasteiger partial charge in [-0.25, -0.2) is 0 Å².